The highest BCUT2D eigenvalue weighted by Gasteiger charge is 2.19. The highest BCUT2D eigenvalue weighted by molar-refractivity contribution is 9.09. The average Bonchev–Trinajstić information content (AvgIpc) is 2.05. The summed E-state index contributed by atoms with van der Waals surface area (Å²) in [5.74, 6) is 0.0299. The first-order valence-electron chi connectivity index (χ1n) is 4.22. The fraction of sp³-hybridized carbons (Fsp3) is 0.875. The van der Waals surface area contributed by atoms with Crippen molar-refractivity contribution in [3.63, 3.8) is 0 Å². The Kier molecular flexibility index (Phi) is 4.01. The molecule has 1 fully saturated rings. The van der Waals surface area contributed by atoms with E-state index in [1.807, 2.05) is 4.90 Å². The van der Waals surface area contributed by atoms with Crippen LogP contribution in [0.4, 0.5) is 0 Å². The normalized spacial score (nSPS) is 21.1. The summed E-state index contributed by atoms with van der Waals surface area (Å²) in [6, 6.07) is 0. The molecule has 0 bridgehead atoms. The molecular weight excluding hydrogens is 222 g/mol. The van der Waals surface area contributed by atoms with E-state index < -0.39 is 5.97 Å². The second kappa shape index (κ2) is 4.82. The molecule has 0 aromatic heterocycles. The van der Waals surface area contributed by atoms with Gasteiger partial charge in [-0.1, -0.05) is 15.9 Å². The van der Waals surface area contributed by atoms with E-state index in [0.29, 0.717) is 0 Å². The van der Waals surface area contributed by atoms with E-state index in [9.17, 15) is 4.79 Å². The van der Waals surface area contributed by atoms with Gasteiger partial charge < -0.3 is 5.11 Å². The summed E-state index contributed by atoms with van der Waals surface area (Å²) in [6.07, 6.45) is 2.25. The number of halogens is 1. The molecule has 0 aromatic carbocycles. The lowest BCUT2D eigenvalue weighted by Gasteiger charge is -2.29. The summed E-state index contributed by atoms with van der Waals surface area (Å²) in [7, 11) is 0. The zero-order chi connectivity index (χ0) is 8.97. The first-order chi connectivity index (χ1) is 5.72. The number of likely N-dealkylation sites (tertiary alicyclic amines) is 1. The number of carboxylic acids is 1. The largest absolute Gasteiger partial charge is 0.480 e. The van der Waals surface area contributed by atoms with Crippen LogP contribution in [0.15, 0.2) is 0 Å². The minimum atomic E-state index is -0.715. The molecule has 1 saturated heterocycles. The molecular formula is C8H14BrNO2. The van der Waals surface area contributed by atoms with Crippen LogP contribution in [0, 0.1) is 5.92 Å². The Morgan fingerprint density at radius 3 is 2.50 bits per heavy atom. The van der Waals surface area contributed by atoms with Crippen LogP contribution in [0.25, 0.3) is 0 Å². The zero-order valence-electron chi connectivity index (χ0n) is 7.00. The fourth-order valence-electron chi connectivity index (χ4n) is 1.49. The van der Waals surface area contributed by atoms with E-state index >= 15 is 0 Å². The number of alkyl halides is 1. The lowest BCUT2D eigenvalue weighted by molar-refractivity contribution is -0.138. The van der Waals surface area contributed by atoms with Gasteiger partial charge in [0.2, 0.25) is 0 Å². The topological polar surface area (TPSA) is 40.5 Å². The molecule has 0 aliphatic carbocycles. The number of nitrogens with zero attached hydrogens (tertiary/aromatic N) is 1. The molecule has 0 unspecified atom stereocenters. The van der Waals surface area contributed by atoms with Gasteiger partial charge in [-0.05, 0) is 31.8 Å². The summed E-state index contributed by atoms with van der Waals surface area (Å²) >= 11 is 3.45. The highest BCUT2D eigenvalue weighted by atomic mass is 79.9. The maximum absolute atomic E-state index is 10.4. The van der Waals surface area contributed by atoms with E-state index in [1.54, 1.807) is 0 Å². The third kappa shape index (κ3) is 3.11. The lowest BCUT2D eigenvalue weighted by atomic mass is 9.99. The quantitative estimate of drug-likeness (QED) is 0.748. The van der Waals surface area contributed by atoms with Gasteiger partial charge in [-0.2, -0.15) is 0 Å². The van der Waals surface area contributed by atoms with Crippen molar-refractivity contribution in [2.24, 2.45) is 5.92 Å². The first-order valence-corrected chi connectivity index (χ1v) is 5.34. The van der Waals surface area contributed by atoms with Crippen molar-refractivity contribution in [1.82, 2.24) is 4.90 Å². The zero-order valence-corrected chi connectivity index (χ0v) is 8.59. The summed E-state index contributed by atoms with van der Waals surface area (Å²) < 4.78 is 0. The number of carboxylic acid groups (broad SMARTS) is 1. The van der Waals surface area contributed by atoms with Crippen LogP contribution < -0.4 is 0 Å². The number of hydrogen-bond acceptors (Lipinski definition) is 2. The number of hydrogen-bond donors (Lipinski definition) is 1. The molecule has 4 heteroatoms. The number of piperidine rings is 1. The second-order valence-corrected chi connectivity index (χ2v) is 3.92. The SMILES string of the molecule is O=C(O)CN1CCC(CBr)CC1. The van der Waals surface area contributed by atoms with Crippen LogP contribution >= 0.6 is 15.9 Å². The van der Waals surface area contributed by atoms with Gasteiger partial charge in [0.05, 0.1) is 6.54 Å². The number of rotatable bonds is 3. The lowest BCUT2D eigenvalue weighted by Crippen LogP contribution is -2.37. The maximum Gasteiger partial charge on any atom is 0.317 e. The molecule has 70 valence electrons. The molecule has 0 radical (unpaired) electrons. The molecule has 1 rings (SSSR count). The third-order valence-electron chi connectivity index (χ3n) is 2.28. The van der Waals surface area contributed by atoms with Crippen molar-refractivity contribution in [1.29, 1.82) is 0 Å². The van der Waals surface area contributed by atoms with E-state index in [-0.39, 0.29) is 6.54 Å². The van der Waals surface area contributed by atoms with Crippen LogP contribution in [-0.4, -0.2) is 40.9 Å². The predicted molar refractivity (Wildman–Crippen MR) is 50.6 cm³/mol. The average molecular weight is 236 g/mol. The van der Waals surface area contributed by atoms with Crippen LogP contribution in [0.1, 0.15) is 12.8 Å². The third-order valence-corrected chi connectivity index (χ3v) is 3.20. The van der Waals surface area contributed by atoms with Gasteiger partial charge in [0, 0.05) is 5.33 Å². The van der Waals surface area contributed by atoms with E-state index in [1.165, 1.54) is 0 Å². The van der Waals surface area contributed by atoms with Gasteiger partial charge in [0.1, 0.15) is 0 Å². The van der Waals surface area contributed by atoms with Crippen LogP contribution in [0.3, 0.4) is 0 Å². The van der Waals surface area contributed by atoms with Crippen molar-refractivity contribution in [3.05, 3.63) is 0 Å². The molecule has 1 aliphatic heterocycles. The van der Waals surface area contributed by atoms with Gasteiger partial charge in [0.25, 0.3) is 0 Å². The molecule has 12 heavy (non-hydrogen) atoms. The van der Waals surface area contributed by atoms with Crippen molar-refractivity contribution in [3.8, 4) is 0 Å². The number of aliphatic carboxylic acids is 1. The maximum atomic E-state index is 10.4. The van der Waals surface area contributed by atoms with Gasteiger partial charge in [-0.3, -0.25) is 9.69 Å². The van der Waals surface area contributed by atoms with Crippen molar-refractivity contribution in [2.75, 3.05) is 25.0 Å². The van der Waals surface area contributed by atoms with Crippen molar-refractivity contribution >= 4 is 21.9 Å². The monoisotopic (exact) mass is 235 g/mol. The summed E-state index contributed by atoms with van der Waals surface area (Å²) in [5, 5.41) is 9.59. The Labute approximate surface area is 80.9 Å². The molecule has 1 N–H and O–H groups in total. The Morgan fingerprint density at radius 2 is 2.08 bits per heavy atom. The van der Waals surface area contributed by atoms with E-state index in [2.05, 4.69) is 15.9 Å². The molecule has 0 aromatic rings. The molecule has 0 spiro atoms. The highest BCUT2D eigenvalue weighted by Crippen LogP contribution is 2.18. The fourth-order valence-corrected chi connectivity index (χ4v) is 2.14. The Morgan fingerprint density at radius 1 is 1.50 bits per heavy atom. The van der Waals surface area contributed by atoms with E-state index in [4.69, 9.17) is 5.11 Å². The van der Waals surface area contributed by atoms with Crippen LogP contribution in [0.5, 0.6) is 0 Å². The van der Waals surface area contributed by atoms with Crippen LogP contribution in [-0.2, 0) is 4.79 Å². The minimum Gasteiger partial charge on any atom is -0.480 e. The van der Waals surface area contributed by atoms with E-state index in [0.717, 1.165) is 37.2 Å². The van der Waals surface area contributed by atoms with Crippen LogP contribution in [0.2, 0.25) is 0 Å². The molecule has 0 saturated carbocycles. The molecule has 3 nitrogen and oxygen atoms in total. The molecule has 0 amide bonds. The van der Waals surface area contributed by atoms with Gasteiger partial charge in [-0.15, -0.1) is 0 Å². The van der Waals surface area contributed by atoms with Gasteiger partial charge in [0.15, 0.2) is 0 Å². The summed E-state index contributed by atoms with van der Waals surface area (Å²) in [4.78, 5) is 12.4. The van der Waals surface area contributed by atoms with Crippen molar-refractivity contribution in [2.45, 2.75) is 12.8 Å². The minimum absolute atomic E-state index is 0.203. The predicted octanol–water partition coefficient (Wildman–Crippen LogP) is 1.18. The van der Waals surface area contributed by atoms with Gasteiger partial charge in [-0.25, -0.2) is 0 Å². The molecule has 1 aliphatic rings. The summed E-state index contributed by atoms with van der Waals surface area (Å²) in [5.41, 5.74) is 0. The summed E-state index contributed by atoms with van der Waals surface area (Å²) in [6.45, 7) is 2.07. The Hall–Kier alpha value is -0.0900. The van der Waals surface area contributed by atoms with Gasteiger partial charge >= 0.3 is 5.97 Å². The molecule has 1 heterocycles. The second-order valence-electron chi connectivity index (χ2n) is 3.27. The Bertz CT molecular complexity index is 155. The van der Waals surface area contributed by atoms with Crippen molar-refractivity contribution < 1.29 is 9.90 Å². The smallest absolute Gasteiger partial charge is 0.317 e. The first kappa shape index (κ1) is 9.99. The standard InChI is InChI=1S/C8H14BrNO2/c9-5-7-1-3-10(4-2-7)6-8(11)12/h7H,1-6H2,(H,11,12). The Balaban J connectivity index is 2.21. The number of carbonyl (C=O) groups is 1. The molecule has 0 atom stereocenters.